The summed E-state index contributed by atoms with van der Waals surface area (Å²) in [5, 5.41) is 12.2. The van der Waals surface area contributed by atoms with E-state index in [2.05, 4.69) is 11.9 Å². The molecule has 0 saturated carbocycles. The molecule has 0 aliphatic heterocycles. The third-order valence-corrected chi connectivity index (χ3v) is 3.33. The molecule has 0 aliphatic carbocycles. The lowest BCUT2D eigenvalue weighted by Gasteiger charge is -2.19. The van der Waals surface area contributed by atoms with E-state index < -0.39 is 5.97 Å². The molecule has 0 amide bonds. The number of rotatable bonds is 8. The lowest BCUT2D eigenvalue weighted by Crippen LogP contribution is -2.34. The van der Waals surface area contributed by atoms with Crippen molar-refractivity contribution in [1.29, 1.82) is 0 Å². The Labute approximate surface area is 120 Å². The minimum Gasteiger partial charge on any atom is -0.497 e. The number of benzene rings is 1. The van der Waals surface area contributed by atoms with E-state index in [-0.39, 0.29) is 12.5 Å². The topological polar surface area (TPSA) is 58.6 Å². The van der Waals surface area contributed by atoms with Crippen LogP contribution in [0.2, 0.25) is 0 Å². The normalized spacial score (nSPS) is 11.9. The molecule has 4 nitrogen and oxygen atoms in total. The van der Waals surface area contributed by atoms with Gasteiger partial charge in [-0.2, -0.15) is 0 Å². The first-order valence-electron chi connectivity index (χ1n) is 6.68. The van der Waals surface area contributed by atoms with Gasteiger partial charge in [0.2, 0.25) is 0 Å². The maximum Gasteiger partial charge on any atom is 0.304 e. The summed E-state index contributed by atoms with van der Waals surface area (Å²) in [5.41, 5.74) is 3.42. The fourth-order valence-corrected chi connectivity index (χ4v) is 2.32. The van der Waals surface area contributed by atoms with Crippen LogP contribution >= 0.6 is 0 Å². The molecule has 110 valence electrons. The minimum absolute atomic E-state index is 0.0960. The maximum atomic E-state index is 10.9. The molecule has 0 spiro atoms. The number of aliphatic carboxylic acids is 1. The van der Waals surface area contributed by atoms with Crippen molar-refractivity contribution < 1.29 is 14.6 Å². The molecule has 1 unspecified atom stereocenters. The van der Waals surface area contributed by atoms with E-state index in [0.717, 1.165) is 16.9 Å². The van der Waals surface area contributed by atoms with Crippen molar-refractivity contribution in [2.45, 2.75) is 32.7 Å². The predicted octanol–water partition coefficient (Wildman–Crippen LogP) is 2.47. The van der Waals surface area contributed by atoms with Crippen molar-refractivity contribution in [1.82, 2.24) is 5.32 Å². The second-order valence-corrected chi connectivity index (χ2v) is 4.94. The number of methoxy groups -OCH3 is 1. The van der Waals surface area contributed by atoms with Crippen LogP contribution in [0.3, 0.4) is 0 Å². The summed E-state index contributed by atoms with van der Waals surface area (Å²) in [4.78, 5) is 10.9. The Morgan fingerprint density at radius 1 is 1.45 bits per heavy atom. The van der Waals surface area contributed by atoms with Crippen molar-refractivity contribution in [2.24, 2.45) is 0 Å². The van der Waals surface area contributed by atoms with Crippen LogP contribution in [-0.4, -0.2) is 30.8 Å². The fourth-order valence-electron chi connectivity index (χ4n) is 2.32. The van der Waals surface area contributed by atoms with Gasteiger partial charge in [0.05, 0.1) is 13.5 Å². The smallest absolute Gasteiger partial charge is 0.304 e. The van der Waals surface area contributed by atoms with Crippen LogP contribution in [0, 0.1) is 13.8 Å². The second kappa shape index (κ2) is 7.70. The van der Waals surface area contributed by atoms with Gasteiger partial charge in [0, 0.05) is 12.6 Å². The Bertz CT molecular complexity index is 460. The highest BCUT2D eigenvalue weighted by Crippen LogP contribution is 2.23. The standard InChI is InChI=1S/C16H23NO3/c1-5-6-17-13(10-16(18)19)9-15-11(2)7-14(20-4)8-12(15)3/h5,7-8,13,17H,1,6,9-10H2,2-4H3,(H,18,19). The molecule has 0 saturated heterocycles. The largest absolute Gasteiger partial charge is 0.497 e. The quantitative estimate of drug-likeness (QED) is 0.717. The predicted molar refractivity (Wildman–Crippen MR) is 80.4 cm³/mol. The fraction of sp³-hybridized carbons (Fsp3) is 0.438. The van der Waals surface area contributed by atoms with Gasteiger partial charge in [0.15, 0.2) is 0 Å². The summed E-state index contributed by atoms with van der Waals surface area (Å²) < 4.78 is 5.24. The van der Waals surface area contributed by atoms with E-state index in [1.165, 1.54) is 5.56 Å². The summed E-state index contributed by atoms with van der Waals surface area (Å²) in [5.74, 6) is 0.0352. The van der Waals surface area contributed by atoms with Crippen LogP contribution < -0.4 is 10.1 Å². The Morgan fingerprint density at radius 3 is 2.50 bits per heavy atom. The van der Waals surface area contributed by atoms with Crippen molar-refractivity contribution in [2.75, 3.05) is 13.7 Å². The highest BCUT2D eigenvalue weighted by molar-refractivity contribution is 5.67. The van der Waals surface area contributed by atoms with E-state index in [0.29, 0.717) is 13.0 Å². The zero-order valence-corrected chi connectivity index (χ0v) is 12.4. The molecule has 2 N–H and O–H groups in total. The van der Waals surface area contributed by atoms with Gasteiger partial charge >= 0.3 is 5.97 Å². The zero-order chi connectivity index (χ0) is 15.1. The number of hydrogen-bond acceptors (Lipinski definition) is 3. The first-order chi connectivity index (χ1) is 9.47. The summed E-state index contributed by atoms with van der Waals surface area (Å²) in [6, 6.07) is 3.86. The highest BCUT2D eigenvalue weighted by atomic mass is 16.5. The molecule has 1 aromatic carbocycles. The molecule has 0 bridgehead atoms. The van der Waals surface area contributed by atoms with Crippen LogP contribution in [0.1, 0.15) is 23.1 Å². The van der Waals surface area contributed by atoms with Gasteiger partial charge in [0.25, 0.3) is 0 Å². The number of carboxylic acid groups (broad SMARTS) is 1. The van der Waals surface area contributed by atoms with Crippen LogP contribution in [0.15, 0.2) is 24.8 Å². The lowest BCUT2D eigenvalue weighted by atomic mass is 9.94. The molecule has 0 radical (unpaired) electrons. The third-order valence-electron chi connectivity index (χ3n) is 3.33. The van der Waals surface area contributed by atoms with Gasteiger partial charge in [-0.3, -0.25) is 4.79 Å². The summed E-state index contributed by atoms with van der Waals surface area (Å²) in [6.45, 7) is 8.30. The van der Waals surface area contributed by atoms with Gasteiger partial charge in [-0.15, -0.1) is 6.58 Å². The highest BCUT2D eigenvalue weighted by Gasteiger charge is 2.16. The summed E-state index contributed by atoms with van der Waals surface area (Å²) >= 11 is 0. The van der Waals surface area contributed by atoms with E-state index in [1.807, 2.05) is 26.0 Å². The number of nitrogens with one attached hydrogen (secondary N) is 1. The van der Waals surface area contributed by atoms with Crippen molar-refractivity contribution in [3.8, 4) is 5.75 Å². The van der Waals surface area contributed by atoms with Crippen LogP contribution in [-0.2, 0) is 11.2 Å². The molecular weight excluding hydrogens is 254 g/mol. The first-order valence-corrected chi connectivity index (χ1v) is 6.68. The zero-order valence-electron chi connectivity index (χ0n) is 12.4. The first kappa shape index (κ1) is 16.2. The van der Waals surface area contributed by atoms with Crippen molar-refractivity contribution in [3.05, 3.63) is 41.5 Å². The molecule has 0 aliphatic rings. The van der Waals surface area contributed by atoms with E-state index in [9.17, 15) is 4.79 Å². The SMILES string of the molecule is C=CCNC(CC(=O)O)Cc1c(C)cc(OC)cc1C. The molecule has 20 heavy (non-hydrogen) atoms. The average molecular weight is 277 g/mol. The number of carbonyl (C=O) groups is 1. The number of hydrogen-bond donors (Lipinski definition) is 2. The number of ether oxygens (including phenoxy) is 1. The maximum absolute atomic E-state index is 10.9. The van der Waals surface area contributed by atoms with E-state index in [1.54, 1.807) is 13.2 Å². The lowest BCUT2D eigenvalue weighted by molar-refractivity contribution is -0.137. The summed E-state index contributed by atoms with van der Waals surface area (Å²) in [6.07, 6.45) is 2.52. The minimum atomic E-state index is -0.796. The number of aryl methyl sites for hydroxylation is 2. The van der Waals surface area contributed by atoms with Crippen molar-refractivity contribution >= 4 is 5.97 Å². The van der Waals surface area contributed by atoms with Crippen LogP contribution in [0.25, 0.3) is 0 Å². The molecule has 0 heterocycles. The third kappa shape index (κ3) is 4.70. The van der Waals surface area contributed by atoms with Gasteiger partial charge in [-0.25, -0.2) is 0 Å². The molecule has 0 aromatic heterocycles. The van der Waals surface area contributed by atoms with E-state index in [4.69, 9.17) is 9.84 Å². The van der Waals surface area contributed by atoms with Crippen molar-refractivity contribution in [3.63, 3.8) is 0 Å². The Hall–Kier alpha value is -1.81. The van der Waals surface area contributed by atoms with Gasteiger partial charge in [-0.1, -0.05) is 6.08 Å². The molecule has 1 aromatic rings. The molecule has 1 atom stereocenters. The van der Waals surface area contributed by atoms with Gasteiger partial charge in [-0.05, 0) is 49.1 Å². The molecular formula is C16H23NO3. The Balaban J connectivity index is 2.91. The van der Waals surface area contributed by atoms with Crippen LogP contribution in [0.5, 0.6) is 5.75 Å². The average Bonchev–Trinajstić information content (AvgIpc) is 2.38. The van der Waals surface area contributed by atoms with Crippen LogP contribution in [0.4, 0.5) is 0 Å². The Kier molecular flexibility index (Phi) is 6.25. The van der Waals surface area contributed by atoms with Gasteiger partial charge in [0.1, 0.15) is 5.75 Å². The molecule has 4 heteroatoms. The Morgan fingerprint density at radius 2 is 2.05 bits per heavy atom. The number of carboxylic acids is 1. The van der Waals surface area contributed by atoms with Gasteiger partial charge < -0.3 is 15.2 Å². The summed E-state index contributed by atoms with van der Waals surface area (Å²) in [7, 11) is 1.65. The van der Waals surface area contributed by atoms with E-state index >= 15 is 0 Å². The second-order valence-electron chi connectivity index (χ2n) is 4.94. The molecule has 1 rings (SSSR count). The monoisotopic (exact) mass is 277 g/mol. The molecule has 0 fully saturated rings.